The predicted molar refractivity (Wildman–Crippen MR) is 220 cm³/mol. The minimum atomic E-state index is -4.60. The van der Waals surface area contributed by atoms with Gasteiger partial charge in [0, 0.05) is 48.8 Å². The molecular formula is C46H56KN2O6S+. The molecule has 56 heavy (non-hydrogen) atoms. The first-order chi connectivity index (χ1) is 26.6. The summed E-state index contributed by atoms with van der Waals surface area (Å²) in [5, 5.41) is 0. The van der Waals surface area contributed by atoms with Crippen molar-refractivity contribution in [3.8, 4) is 5.75 Å². The molecule has 0 unspecified atom stereocenters. The third-order valence-corrected chi connectivity index (χ3v) is 12.0. The Morgan fingerprint density at radius 1 is 0.964 bits per heavy atom. The van der Waals surface area contributed by atoms with E-state index in [-0.39, 0.29) is 67.7 Å². The Bertz CT molecular complexity index is 2250. The van der Waals surface area contributed by atoms with Gasteiger partial charge in [0.25, 0.3) is 0 Å². The monoisotopic (exact) mass is 804 g/mol. The third-order valence-electron chi connectivity index (χ3n) is 11.2. The maximum Gasteiger partial charge on any atom is 1.00 e. The fourth-order valence-electron chi connectivity index (χ4n) is 8.18. The van der Waals surface area contributed by atoms with Crippen LogP contribution in [0.4, 0.5) is 11.4 Å². The van der Waals surface area contributed by atoms with Crippen LogP contribution in [-0.2, 0) is 36.9 Å². The van der Waals surface area contributed by atoms with Gasteiger partial charge in [-0.05, 0) is 125 Å². The SMILES string of the molecule is CCN1C(=CC=C2CCCC(C=CC3=[N+](CC)c4ccc(S(=O)(=O)[O-])cc4C3(C)C)=C2Oc2ccc(CCC(=O)OC)cc2)C(C)(C)c2cc(C)ccc21.[2H]C.[K+]. The van der Waals surface area contributed by atoms with Crippen molar-refractivity contribution in [1.29, 1.82) is 0 Å². The summed E-state index contributed by atoms with van der Waals surface area (Å²) < 4.78 is 55.4. The smallest absolute Gasteiger partial charge is 0.744 e. The van der Waals surface area contributed by atoms with Crippen LogP contribution in [0.2, 0.25) is 0 Å². The topological polar surface area (TPSA) is 99.0 Å². The number of methoxy groups -OCH3 is 1. The number of carbonyl (C=O) groups is 1. The summed E-state index contributed by atoms with van der Waals surface area (Å²) in [6, 6.07) is 19.3. The standard InChI is InChI=1S/C45H52N2O6S.CH4.K/c1-9-46-38-23-14-30(3)28-36(38)44(4,5)40(46)25-18-32-12-11-13-33(43(32)53-34-20-15-31(16-21-34)17-27-42(48)52-8)19-26-41-45(6,7)37-29-35(54(49,50)51)22-24-39(37)47(41)10-2;;/h14-16,18-26,28-29H,9-13,17,27H2,1-8H3;1H4;/q;;+1/i;1D;. The summed E-state index contributed by atoms with van der Waals surface area (Å²) in [7, 11) is -1.94. The van der Waals surface area contributed by atoms with Crippen LogP contribution >= 0.6 is 0 Å². The number of ether oxygens (including phenoxy) is 2. The second-order valence-corrected chi connectivity index (χ2v) is 16.8. The number of anilines is 1. The van der Waals surface area contributed by atoms with E-state index in [2.05, 4.69) is 100 Å². The van der Waals surface area contributed by atoms with E-state index in [0.717, 1.165) is 65.2 Å². The van der Waals surface area contributed by atoms with Crippen LogP contribution in [0.1, 0.15) is 98.3 Å². The van der Waals surface area contributed by atoms with Gasteiger partial charge in [-0.2, -0.15) is 4.58 Å². The molecule has 3 aromatic carbocycles. The largest absolute Gasteiger partial charge is 1.00 e. The second kappa shape index (κ2) is 18.2. The van der Waals surface area contributed by atoms with Crippen molar-refractivity contribution in [3.63, 3.8) is 0 Å². The number of likely N-dealkylation sites (N-methyl/N-ethyl adjacent to an activating group) is 1. The molecule has 8 nitrogen and oxygen atoms in total. The Morgan fingerprint density at radius 3 is 2.32 bits per heavy atom. The zero-order valence-corrected chi connectivity index (χ0v) is 38.7. The number of rotatable bonds is 11. The summed E-state index contributed by atoms with van der Waals surface area (Å²) in [5.41, 5.74) is 10.3. The van der Waals surface area contributed by atoms with Gasteiger partial charge in [0.05, 0.1) is 17.4 Å². The van der Waals surface area contributed by atoms with Crippen molar-refractivity contribution in [3.05, 3.63) is 130 Å². The van der Waals surface area contributed by atoms with E-state index in [1.165, 1.54) is 49.2 Å². The molecule has 3 aliphatic rings. The van der Waals surface area contributed by atoms with Gasteiger partial charge in [0.2, 0.25) is 5.69 Å². The average Bonchev–Trinajstić information content (AvgIpc) is 3.53. The van der Waals surface area contributed by atoms with Crippen molar-refractivity contribution >= 4 is 33.2 Å². The average molecular weight is 805 g/mol. The van der Waals surface area contributed by atoms with Crippen LogP contribution < -0.4 is 61.0 Å². The number of benzene rings is 3. The first-order valence-electron chi connectivity index (χ1n) is 19.9. The van der Waals surface area contributed by atoms with Gasteiger partial charge in [0.15, 0.2) is 5.71 Å². The Morgan fingerprint density at radius 2 is 1.68 bits per heavy atom. The van der Waals surface area contributed by atoms with E-state index in [1.54, 1.807) is 6.07 Å². The first-order valence-corrected chi connectivity index (χ1v) is 20.3. The molecule has 0 atom stereocenters. The molecular weight excluding hydrogens is 748 g/mol. The van der Waals surface area contributed by atoms with E-state index in [4.69, 9.17) is 10.8 Å². The molecule has 0 aromatic heterocycles. The molecule has 1 aliphatic carbocycles. The van der Waals surface area contributed by atoms with Gasteiger partial charge < -0.3 is 18.9 Å². The molecule has 0 amide bonds. The van der Waals surface area contributed by atoms with E-state index >= 15 is 0 Å². The van der Waals surface area contributed by atoms with Crippen LogP contribution in [-0.4, -0.2) is 49.4 Å². The number of hydrogen-bond donors (Lipinski definition) is 0. The third kappa shape index (κ3) is 9.12. The Hall–Kier alpha value is -3.09. The van der Waals surface area contributed by atoms with Crippen molar-refractivity contribution in [2.75, 3.05) is 25.1 Å². The Kier molecular flexibility index (Phi) is 14.3. The molecule has 292 valence electrons. The molecule has 2 aliphatic heterocycles. The maximum absolute atomic E-state index is 12.0. The number of aryl methyl sites for hydroxylation is 2. The molecule has 6 rings (SSSR count). The summed E-state index contributed by atoms with van der Waals surface area (Å²) in [4.78, 5) is 13.9. The Labute approximate surface area is 378 Å². The van der Waals surface area contributed by atoms with Gasteiger partial charge >= 0.3 is 57.4 Å². The number of hydrogen-bond acceptors (Lipinski definition) is 7. The summed E-state index contributed by atoms with van der Waals surface area (Å²) in [6.45, 7) is 16.7. The van der Waals surface area contributed by atoms with Crippen LogP contribution in [0.3, 0.4) is 0 Å². The zero-order chi connectivity index (χ0) is 41.0. The zero-order valence-electron chi connectivity index (χ0n) is 35.8. The Balaban J connectivity index is 0.00000236. The van der Waals surface area contributed by atoms with Crippen LogP contribution in [0.15, 0.2) is 112 Å². The number of fused-ring (bicyclic) bond motifs is 2. The molecule has 0 radical (unpaired) electrons. The van der Waals surface area contributed by atoms with E-state index < -0.39 is 15.5 Å². The number of allylic oxidation sites excluding steroid dienone is 7. The van der Waals surface area contributed by atoms with Crippen molar-refractivity contribution in [1.82, 2.24) is 0 Å². The predicted octanol–water partition coefficient (Wildman–Crippen LogP) is 6.74. The van der Waals surface area contributed by atoms with Gasteiger partial charge in [0.1, 0.15) is 28.2 Å². The van der Waals surface area contributed by atoms with Gasteiger partial charge in [-0.3, -0.25) is 4.79 Å². The summed E-state index contributed by atoms with van der Waals surface area (Å²) in [5.74, 6) is 1.29. The van der Waals surface area contributed by atoms with E-state index in [9.17, 15) is 17.8 Å². The molecule has 0 N–H and O–H groups in total. The number of carbonyl (C=O) groups excluding carboxylic acids is 1. The van der Waals surface area contributed by atoms with Gasteiger partial charge in [-0.25, -0.2) is 8.42 Å². The number of esters is 1. The van der Waals surface area contributed by atoms with Crippen molar-refractivity contribution in [2.24, 2.45) is 0 Å². The first kappa shape index (κ1) is 44.0. The van der Waals surface area contributed by atoms with Gasteiger partial charge in [-0.1, -0.05) is 57.2 Å². The van der Waals surface area contributed by atoms with E-state index in [0.29, 0.717) is 25.1 Å². The minimum absolute atomic E-state index is 0. The molecule has 3 aromatic rings. The molecule has 0 bridgehead atoms. The van der Waals surface area contributed by atoms with E-state index in [1.807, 2.05) is 24.3 Å². The minimum Gasteiger partial charge on any atom is -0.744 e. The normalized spacial score (nSPS) is 18.7. The van der Waals surface area contributed by atoms with Crippen molar-refractivity contribution in [2.45, 2.75) is 104 Å². The number of nitrogens with zero attached hydrogens (tertiary/aromatic N) is 2. The summed E-state index contributed by atoms with van der Waals surface area (Å²) >= 11 is 0. The molecule has 10 heteroatoms. The van der Waals surface area contributed by atoms with Crippen LogP contribution in [0.5, 0.6) is 5.75 Å². The van der Waals surface area contributed by atoms with Gasteiger partial charge in [-0.15, -0.1) is 0 Å². The fourth-order valence-corrected chi connectivity index (χ4v) is 8.68. The fraction of sp³-hybridized carbons (Fsp3) is 0.391. The molecule has 0 saturated carbocycles. The maximum atomic E-state index is 12.0. The molecule has 2 heterocycles. The van der Waals surface area contributed by atoms with Crippen LogP contribution in [0.25, 0.3) is 0 Å². The van der Waals surface area contributed by atoms with Crippen LogP contribution in [0, 0.1) is 6.92 Å². The van der Waals surface area contributed by atoms with Crippen molar-refractivity contribution < 1.29 is 84.6 Å². The molecule has 0 saturated heterocycles. The second-order valence-electron chi connectivity index (χ2n) is 15.4. The summed E-state index contributed by atoms with van der Waals surface area (Å²) in [6.07, 6.45) is 12.3. The molecule has 0 spiro atoms. The molecule has 0 fully saturated rings. The quantitative estimate of drug-likeness (QED) is 0.0917.